The quantitative estimate of drug-likeness (QED) is 0.425. The molecule has 1 aliphatic carbocycles. The van der Waals surface area contributed by atoms with Crippen LogP contribution in [0.1, 0.15) is 34.7 Å². The molecule has 1 atom stereocenters. The van der Waals surface area contributed by atoms with Crippen molar-refractivity contribution in [2.45, 2.75) is 25.3 Å². The van der Waals surface area contributed by atoms with E-state index in [1.807, 2.05) is 18.3 Å². The summed E-state index contributed by atoms with van der Waals surface area (Å²) in [6, 6.07) is 11.4. The molecule has 0 spiro atoms. The third-order valence-corrected chi connectivity index (χ3v) is 6.05. The Labute approximate surface area is 181 Å². The number of carbonyl (C=O) groups is 1. The van der Waals surface area contributed by atoms with Crippen LogP contribution in [0.5, 0.6) is 0 Å². The third kappa shape index (κ3) is 4.70. The van der Waals surface area contributed by atoms with Gasteiger partial charge in [0.25, 0.3) is 0 Å². The van der Waals surface area contributed by atoms with Crippen molar-refractivity contribution in [1.82, 2.24) is 9.88 Å². The minimum atomic E-state index is -0.368. The number of halogens is 1. The van der Waals surface area contributed by atoms with Crippen LogP contribution in [0.15, 0.2) is 48.7 Å². The Morgan fingerprint density at radius 2 is 2.16 bits per heavy atom. The molecule has 3 aromatic rings. The largest absolute Gasteiger partial charge is 0.466 e. The highest BCUT2D eigenvalue weighted by atomic mass is 19.1. The molecule has 1 unspecified atom stereocenters. The number of aliphatic hydroxyl groups excluding tert-OH is 1. The van der Waals surface area contributed by atoms with Crippen molar-refractivity contribution in [2.75, 3.05) is 26.8 Å². The van der Waals surface area contributed by atoms with Crippen molar-refractivity contribution in [3.63, 3.8) is 0 Å². The first-order valence-electron chi connectivity index (χ1n) is 10.6. The standard InChI is InChI=1S/C25H27FN2O3/c1-31-25(30)9-3-17-2-6-22-18(14-17)4-8-24(22)28(12-13-29)11-10-19-16-27-23-15-20(26)5-7-21(19)23/h2-3,5-7,9,14-16,24,27,29H,4,8,10-13H2,1H3/b9-3+. The number of ether oxygens (including phenoxy) is 1. The molecule has 0 aliphatic heterocycles. The van der Waals surface area contributed by atoms with Crippen LogP contribution >= 0.6 is 0 Å². The van der Waals surface area contributed by atoms with E-state index in [-0.39, 0.29) is 24.4 Å². The Morgan fingerprint density at radius 1 is 1.29 bits per heavy atom. The van der Waals surface area contributed by atoms with E-state index in [1.54, 1.807) is 6.08 Å². The second kappa shape index (κ2) is 9.45. The SMILES string of the molecule is COC(=O)/C=C/c1ccc2c(c1)CCC2N(CCO)CCc1c[nH]c2cc(F)ccc12. The highest BCUT2D eigenvalue weighted by Crippen LogP contribution is 2.36. The minimum Gasteiger partial charge on any atom is -0.466 e. The number of H-pyrrole nitrogens is 1. The molecule has 1 aromatic heterocycles. The van der Waals surface area contributed by atoms with Crippen LogP contribution in [-0.2, 0) is 22.4 Å². The molecule has 0 amide bonds. The predicted octanol–water partition coefficient (Wildman–Crippen LogP) is 4.02. The summed E-state index contributed by atoms with van der Waals surface area (Å²) in [6.07, 6.45) is 7.93. The zero-order valence-corrected chi connectivity index (χ0v) is 17.6. The fourth-order valence-electron chi connectivity index (χ4n) is 4.51. The lowest BCUT2D eigenvalue weighted by molar-refractivity contribution is -0.134. The average Bonchev–Trinajstić information content (AvgIpc) is 3.38. The van der Waals surface area contributed by atoms with Crippen LogP contribution in [0.4, 0.5) is 4.39 Å². The summed E-state index contributed by atoms with van der Waals surface area (Å²) in [4.78, 5) is 16.8. The smallest absolute Gasteiger partial charge is 0.330 e. The zero-order chi connectivity index (χ0) is 21.8. The van der Waals surface area contributed by atoms with Crippen molar-refractivity contribution in [3.8, 4) is 0 Å². The van der Waals surface area contributed by atoms with Crippen LogP contribution in [-0.4, -0.2) is 47.8 Å². The molecule has 5 nitrogen and oxygen atoms in total. The number of esters is 1. The molecule has 2 aromatic carbocycles. The summed E-state index contributed by atoms with van der Waals surface area (Å²) in [6.45, 7) is 1.51. The van der Waals surface area contributed by atoms with Crippen LogP contribution in [0, 0.1) is 5.82 Å². The highest BCUT2D eigenvalue weighted by Gasteiger charge is 2.27. The highest BCUT2D eigenvalue weighted by molar-refractivity contribution is 5.87. The number of rotatable bonds is 8. The Balaban J connectivity index is 1.49. The van der Waals surface area contributed by atoms with Gasteiger partial charge >= 0.3 is 5.97 Å². The van der Waals surface area contributed by atoms with Gasteiger partial charge in [0.1, 0.15) is 5.82 Å². The third-order valence-electron chi connectivity index (χ3n) is 6.05. The number of carbonyl (C=O) groups excluding carboxylic acids is 1. The molecule has 0 saturated heterocycles. The van der Waals surface area contributed by atoms with E-state index < -0.39 is 0 Å². The first kappa shape index (κ1) is 21.3. The van der Waals surface area contributed by atoms with E-state index >= 15 is 0 Å². The molecule has 162 valence electrons. The van der Waals surface area contributed by atoms with Crippen molar-refractivity contribution in [1.29, 1.82) is 0 Å². The number of fused-ring (bicyclic) bond motifs is 2. The van der Waals surface area contributed by atoms with E-state index in [0.29, 0.717) is 6.54 Å². The van der Waals surface area contributed by atoms with Gasteiger partial charge in [-0.25, -0.2) is 9.18 Å². The Kier molecular flexibility index (Phi) is 6.49. The number of hydrogen-bond donors (Lipinski definition) is 2. The van der Waals surface area contributed by atoms with Crippen molar-refractivity contribution < 1.29 is 19.0 Å². The molecule has 6 heteroatoms. The normalized spacial score (nSPS) is 15.8. The lowest BCUT2D eigenvalue weighted by Crippen LogP contribution is -2.32. The number of aliphatic hydroxyl groups is 1. The van der Waals surface area contributed by atoms with E-state index in [9.17, 15) is 14.3 Å². The molecule has 4 rings (SSSR count). The lowest BCUT2D eigenvalue weighted by atomic mass is 10.0. The minimum absolute atomic E-state index is 0.102. The van der Waals surface area contributed by atoms with E-state index in [2.05, 4.69) is 26.8 Å². The first-order chi connectivity index (χ1) is 15.1. The van der Waals surface area contributed by atoms with Crippen LogP contribution < -0.4 is 0 Å². The second-order valence-electron chi connectivity index (χ2n) is 7.88. The van der Waals surface area contributed by atoms with Crippen molar-refractivity contribution in [2.24, 2.45) is 0 Å². The topological polar surface area (TPSA) is 65.6 Å². The molecule has 1 heterocycles. The summed E-state index contributed by atoms with van der Waals surface area (Å²) in [7, 11) is 1.37. The Bertz CT molecular complexity index is 1110. The number of hydrogen-bond acceptors (Lipinski definition) is 4. The van der Waals surface area contributed by atoms with Gasteiger partial charge < -0.3 is 14.8 Å². The number of aryl methyl sites for hydroxylation is 1. The fourth-order valence-corrected chi connectivity index (χ4v) is 4.51. The number of nitrogens with zero attached hydrogens (tertiary/aromatic N) is 1. The predicted molar refractivity (Wildman–Crippen MR) is 119 cm³/mol. The van der Waals surface area contributed by atoms with Gasteiger partial charge in [0.05, 0.1) is 13.7 Å². The molecule has 0 fully saturated rings. The Morgan fingerprint density at radius 3 is 2.97 bits per heavy atom. The maximum Gasteiger partial charge on any atom is 0.330 e. The van der Waals surface area contributed by atoms with Crippen molar-refractivity contribution in [3.05, 3.63) is 76.7 Å². The number of methoxy groups -OCH3 is 1. The van der Waals surface area contributed by atoms with Gasteiger partial charge in [-0.3, -0.25) is 4.90 Å². The van der Waals surface area contributed by atoms with Gasteiger partial charge in [-0.05, 0) is 65.8 Å². The van der Waals surface area contributed by atoms with Gasteiger partial charge in [0, 0.05) is 42.3 Å². The zero-order valence-electron chi connectivity index (χ0n) is 17.6. The van der Waals surface area contributed by atoms with Gasteiger partial charge in [0.15, 0.2) is 0 Å². The lowest BCUT2D eigenvalue weighted by Gasteiger charge is -2.29. The molecule has 0 bridgehead atoms. The summed E-state index contributed by atoms with van der Waals surface area (Å²) in [5.41, 5.74) is 5.50. The molecule has 2 N–H and O–H groups in total. The molecule has 0 saturated carbocycles. The van der Waals surface area contributed by atoms with Gasteiger partial charge in [-0.1, -0.05) is 18.2 Å². The molecule has 0 radical (unpaired) electrons. The van der Waals surface area contributed by atoms with Crippen molar-refractivity contribution >= 4 is 22.9 Å². The van der Waals surface area contributed by atoms with Gasteiger partial charge in [-0.15, -0.1) is 0 Å². The molecular weight excluding hydrogens is 395 g/mol. The number of nitrogens with one attached hydrogen (secondary N) is 1. The van der Waals surface area contributed by atoms with E-state index in [4.69, 9.17) is 0 Å². The van der Waals surface area contributed by atoms with Gasteiger partial charge in [-0.2, -0.15) is 0 Å². The van der Waals surface area contributed by atoms with Crippen LogP contribution in [0.3, 0.4) is 0 Å². The second-order valence-corrected chi connectivity index (χ2v) is 7.88. The number of aromatic nitrogens is 1. The fraction of sp³-hybridized carbons (Fsp3) is 0.320. The number of aromatic amines is 1. The molecular formula is C25H27FN2O3. The summed E-state index contributed by atoms with van der Waals surface area (Å²) in [5.74, 6) is -0.612. The first-order valence-corrected chi connectivity index (χ1v) is 10.6. The Hall–Kier alpha value is -2.96. The maximum absolute atomic E-state index is 13.5. The van der Waals surface area contributed by atoms with E-state index in [0.717, 1.165) is 47.8 Å². The molecule has 1 aliphatic rings. The van der Waals surface area contributed by atoms with Gasteiger partial charge in [0.2, 0.25) is 0 Å². The molecule has 31 heavy (non-hydrogen) atoms. The van der Waals surface area contributed by atoms with E-state index in [1.165, 1.54) is 36.4 Å². The van der Waals surface area contributed by atoms with Crippen LogP contribution in [0.25, 0.3) is 17.0 Å². The maximum atomic E-state index is 13.5. The summed E-state index contributed by atoms with van der Waals surface area (Å²) in [5, 5.41) is 10.7. The monoisotopic (exact) mass is 422 g/mol. The summed E-state index contributed by atoms with van der Waals surface area (Å²) >= 11 is 0. The number of benzene rings is 2. The summed E-state index contributed by atoms with van der Waals surface area (Å²) < 4.78 is 18.1. The average molecular weight is 423 g/mol. The van der Waals surface area contributed by atoms with Crippen LogP contribution in [0.2, 0.25) is 0 Å².